The fourth-order valence-electron chi connectivity index (χ4n) is 0.882. The normalized spacial score (nSPS) is 9.00. The molecule has 2 heterocycles. The summed E-state index contributed by atoms with van der Waals surface area (Å²) in [6.07, 6.45) is 7.53. The lowest BCUT2D eigenvalue weighted by Crippen LogP contribution is -1.79. The van der Waals surface area contributed by atoms with Crippen LogP contribution in [-0.2, 0) is 4.79 Å². The predicted molar refractivity (Wildman–Crippen MR) is 48.5 cm³/mol. The van der Waals surface area contributed by atoms with Gasteiger partial charge < -0.3 is 9.51 Å². The molecule has 0 spiro atoms. The van der Waals surface area contributed by atoms with Crippen LogP contribution in [0.2, 0.25) is 0 Å². The van der Waals surface area contributed by atoms with Crippen LogP contribution in [0.1, 0.15) is 6.92 Å². The van der Waals surface area contributed by atoms with Gasteiger partial charge in [-0.1, -0.05) is 0 Å². The first-order valence-electron chi connectivity index (χ1n) is 3.76. The van der Waals surface area contributed by atoms with Crippen LogP contribution in [0.3, 0.4) is 0 Å². The van der Waals surface area contributed by atoms with Gasteiger partial charge in [0, 0.05) is 25.5 Å². The first-order valence-corrected chi connectivity index (χ1v) is 3.76. The van der Waals surface area contributed by atoms with Crippen LogP contribution < -0.4 is 0 Å². The lowest BCUT2D eigenvalue weighted by Gasteiger charge is -1.87. The van der Waals surface area contributed by atoms with E-state index in [9.17, 15) is 0 Å². The minimum absolute atomic E-state index is 0.833. The average Bonchev–Trinajstić information content (AvgIpc) is 2.49. The number of hydrogen-bond donors (Lipinski definition) is 1. The number of rotatable bonds is 0. The van der Waals surface area contributed by atoms with Gasteiger partial charge >= 0.3 is 0 Å². The van der Waals surface area contributed by atoms with E-state index in [2.05, 4.69) is 4.98 Å². The maximum Gasteiger partial charge on any atom is 0.300 e. The summed E-state index contributed by atoms with van der Waals surface area (Å²) in [7, 11) is 0. The molecule has 68 valence electrons. The highest BCUT2D eigenvalue weighted by atomic mass is 16.4. The van der Waals surface area contributed by atoms with Crippen molar-refractivity contribution in [3.8, 4) is 0 Å². The topological polar surface area (TPSA) is 54.6 Å². The van der Waals surface area contributed by atoms with Crippen LogP contribution in [0.4, 0.5) is 0 Å². The van der Waals surface area contributed by atoms with E-state index >= 15 is 0 Å². The summed E-state index contributed by atoms with van der Waals surface area (Å²) in [6, 6.07) is 4.02. The Bertz CT molecular complexity index is 361. The number of aliphatic carboxylic acids is 1. The van der Waals surface area contributed by atoms with Crippen molar-refractivity contribution in [1.82, 2.24) is 9.38 Å². The second-order valence-corrected chi connectivity index (χ2v) is 2.44. The minimum atomic E-state index is -0.833. The molecule has 0 aliphatic rings. The molecule has 0 unspecified atom stereocenters. The second kappa shape index (κ2) is 4.25. The molecule has 1 N–H and O–H groups in total. The Kier molecular flexibility index (Phi) is 3.03. The molecule has 2 rings (SSSR count). The first-order chi connectivity index (χ1) is 6.20. The highest BCUT2D eigenvalue weighted by Gasteiger charge is 1.84. The van der Waals surface area contributed by atoms with Crippen LogP contribution in [0.15, 0.2) is 36.9 Å². The summed E-state index contributed by atoms with van der Waals surface area (Å²) in [5, 5.41) is 7.42. The Labute approximate surface area is 75.5 Å². The van der Waals surface area contributed by atoms with Gasteiger partial charge in [0.25, 0.3) is 5.97 Å². The van der Waals surface area contributed by atoms with Crippen LogP contribution in [0.5, 0.6) is 0 Å². The summed E-state index contributed by atoms with van der Waals surface area (Å²) in [5.74, 6) is -0.833. The molecule has 0 atom stereocenters. The zero-order valence-electron chi connectivity index (χ0n) is 7.21. The Hall–Kier alpha value is -1.84. The van der Waals surface area contributed by atoms with Gasteiger partial charge in [0.2, 0.25) is 0 Å². The largest absolute Gasteiger partial charge is 0.481 e. The number of nitrogens with zero attached hydrogens (tertiary/aromatic N) is 2. The monoisotopic (exact) mass is 178 g/mol. The Morgan fingerprint density at radius 3 is 2.85 bits per heavy atom. The third-order valence-electron chi connectivity index (χ3n) is 1.33. The van der Waals surface area contributed by atoms with Gasteiger partial charge in [0.15, 0.2) is 0 Å². The number of hydrogen-bond acceptors (Lipinski definition) is 2. The average molecular weight is 178 g/mol. The van der Waals surface area contributed by atoms with E-state index < -0.39 is 5.97 Å². The van der Waals surface area contributed by atoms with Gasteiger partial charge in [0.1, 0.15) is 0 Å². The third-order valence-corrected chi connectivity index (χ3v) is 1.33. The quantitative estimate of drug-likeness (QED) is 0.663. The van der Waals surface area contributed by atoms with Gasteiger partial charge in [0.05, 0.1) is 11.7 Å². The summed E-state index contributed by atoms with van der Waals surface area (Å²) in [4.78, 5) is 13.0. The fourth-order valence-corrected chi connectivity index (χ4v) is 0.882. The van der Waals surface area contributed by atoms with Gasteiger partial charge in [-0.2, -0.15) is 0 Å². The summed E-state index contributed by atoms with van der Waals surface area (Å²) >= 11 is 0. The number of carboxylic acid groups (broad SMARTS) is 1. The number of carboxylic acids is 1. The molecule has 2 aromatic heterocycles. The molecule has 4 nitrogen and oxygen atoms in total. The van der Waals surface area contributed by atoms with Crippen LogP contribution in [0, 0.1) is 0 Å². The van der Waals surface area contributed by atoms with Gasteiger partial charge in [-0.05, 0) is 12.1 Å². The number of fused-ring (bicyclic) bond motifs is 1. The van der Waals surface area contributed by atoms with Crippen molar-refractivity contribution < 1.29 is 9.90 Å². The van der Waals surface area contributed by atoms with E-state index in [1.54, 1.807) is 6.20 Å². The molecule has 0 bridgehead atoms. The van der Waals surface area contributed by atoms with Crippen molar-refractivity contribution >= 4 is 11.5 Å². The molecular formula is C9H10N2O2. The van der Waals surface area contributed by atoms with Crippen molar-refractivity contribution in [2.24, 2.45) is 0 Å². The summed E-state index contributed by atoms with van der Waals surface area (Å²) in [6.45, 7) is 1.08. The lowest BCUT2D eigenvalue weighted by atomic mass is 10.5. The van der Waals surface area contributed by atoms with E-state index in [0.717, 1.165) is 12.4 Å². The predicted octanol–water partition coefficient (Wildman–Crippen LogP) is 1.43. The molecule has 13 heavy (non-hydrogen) atoms. The zero-order chi connectivity index (χ0) is 9.68. The molecule has 0 fully saturated rings. The molecule has 0 radical (unpaired) electrons. The second-order valence-electron chi connectivity index (χ2n) is 2.44. The highest BCUT2D eigenvalue weighted by Crippen LogP contribution is 1.98. The van der Waals surface area contributed by atoms with E-state index in [0.29, 0.717) is 0 Å². The van der Waals surface area contributed by atoms with E-state index in [1.807, 2.05) is 35.1 Å². The molecule has 0 aliphatic heterocycles. The lowest BCUT2D eigenvalue weighted by molar-refractivity contribution is -0.134. The van der Waals surface area contributed by atoms with Crippen molar-refractivity contribution in [2.45, 2.75) is 6.92 Å². The number of carbonyl (C=O) groups is 1. The van der Waals surface area contributed by atoms with Crippen molar-refractivity contribution in [3.05, 3.63) is 36.9 Å². The smallest absolute Gasteiger partial charge is 0.300 e. The van der Waals surface area contributed by atoms with Gasteiger partial charge in [-0.15, -0.1) is 0 Å². The maximum absolute atomic E-state index is 9.00. The standard InChI is InChI=1S/C7H6N2.C2H4O2/c1-2-7-6-8-3-5-9(7)4-1;1-2(3)4/h1-6H;1H3,(H,3,4). The molecule has 0 saturated carbocycles. The van der Waals surface area contributed by atoms with Crippen molar-refractivity contribution in [1.29, 1.82) is 0 Å². The molecule has 0 aliphatic carbocycles. The molecule has 0 amide bonds. The van der Waals surface area contributed by atoms with Crippen molar-refractivity contribution in [3.63, 3.8) is 0 Å². The minimum Gasteiger partial charge on any atom is -0.481 e. The third kappa shape index (κ3) is 2.94. The summed E-state index contributed by atoms with van der Waals surface area (Å²) < 4.78 is 2.02. The molecule has 0 aromatic carbocycles. The summed E-state index contributed by atoms with van der Waals surface area (Å²) in [5.41, 5.74) is 1.14. The Morgan fingerprint density at radius 1 is 1.54 bits per heavy atom. The molecule has 4 heteroatoms. The molecule has 0 saturated heterocycles. The van der Waals surface area contributed by atoms with Crippen LogP contribution in [-0.4, -0.2) is 20.5 Å². The molecule has 2 aromatic rings. The van der Waals surface area contributed by atoms with Crippen molar-refractivity contribution in [2.75, 3.05) is 0 Å². The van der Waals surface area contributed by atoms with E-state index in [-0.39, 0.29) is 0 Å². The maximum atomic E-state index is 9.00. The highest BCUT2D eigenvalue weighted by molar-refractivity contribution is 5.62. The number of aromatic nitrogens is 2. The Morgan fingerprint density at radius 2 is 2.23 bits per heavy atom. The van der Waals surface area contributed by atoms with Gasteiger partial charge in [-0.25, -0.2) is 0 Å². The SMILES string of the molecule is CC(=O)O.c1cc2cnccn2c1. The zero-order valence-corrected chi connectivity index (χ0v) is 7.21. The van der Waals surface area contributed by atoms with Crippen LogP contribution in [0.25, 0.3) is 5.52 Å². The first kappa shape index (κ1) is 9.25. The van der Waals surface area contributed by atoms with E-state index in [4.69, 9.17) is 9.90 Å². The fraction of sp³-hybridized carbons (Fsp3) is 0.111. The Balaban J connectivity index is 0.000000184. The molecular weight excluding hydrogens is 168 g/mol. The van der Waals surface area contributed by atoms with Gasteiger partial charge in [-0.3, -0.25) is 9.78 Å². The van der Waals surface area contributed by atoms with E-state index in [1.165, 1.54) is 0 Å². The van der Waals surface area contributed by atoms with Crippen LogP contribution >= 0.6 is 0 Å².